The van der Waals surface area contributed by atoms with Gasteiger partial charge in [-0.05, 0) is 50.1 Å². The number of urea groups is 1. The Morgan fingerprint density at radius 3 is 2.56 bits per heavy atom. The highest BCUT2D eigenvalue weighted by Gasteiger charge is 2.64. The van der Waals surface area contributed by atoms with E-state index in [0.717, 1.165) is 38.2 Å². The topological polar surface area (TPSA) is 91.9 Å². The lowest BCUT2D eigenvalue weighted by molar-refractivity contribution is -0.198. The van der Waals surface area contributed by atoms with Gasteiger partial charge in [-0.2, -0.15) is 0 Å². The molecule has 0 N–H and O–H groups in total. The van der Waals surface area contributed by atoms with Crippen LogP contribution < -0.4 is 9.47 Å². The second-order valence-electron chi connectivity index (χ2n) is 11.1. The summed E-state index contributed by atoms with van der Waals surface area (Å²) in [5, 5.41) is 1.29. The quantitative estimate of drug-likeness (QED) is 0.247. The number of imide groups is 1. The number of likely N-dealkylation sites (N-methyl/N-ethyl adjacent to an activating group) is 1. The third kappa shape index (κ3) is 5.16. The summed E-state index contributed by atoms with van der Waals surface area (Å²) in [6, 6.07) is 4.48. The summed E-state index contributed by atoms with van der Waals surface area (Å²) in [7, 11) is 2.08. The van der Waals surface area contributed by atoms with Crippen LogP contribution in [-0.4, -0.2) is 83.8 Å². The van der Waals surface area contributed by atoms with Gasteiger partial charge in [-0.1, -0.05) is 45.4 Å². The zero-order valence-corrected chi connectivity index (χ0v) is 24.4. The molecular weight excluding hydrogens is 524 g/mol. The molecule has 4 aliphatic rings. The molecule has 3 heterocycles. The number of ether oxygens (including phenoxy) is 2. The SMILES string of the molecule is CCCC(c1ccc2c(c1)OCO2)N(OC1=CC=CCC1=C=O)C(=O)N1C(=O)C(CC)(CC)C1N1CCN(C)CC1. The summed E-state index contributed by atoms with van der Waals surface area (Å²) in [6.07, 6.45) is 7.82. The number of hydroxylamine groups is 2. The predicted molar refractivity (Wildman–Crippen MR) is 152 cm³/mol. The van der Waals surface area contributed by atoms with Gasteiger partial charge in [-0.15, -0.1) is 5.06 Å². The Bertz CT molecular complexity index is 1270. The van der Waals surface area contributed by atoms with Gasteiger partial charge in [0.25, 0.3) is 0 Å². The van der Waals surface area contributed by atoms with Crippen molar-refractivity contribution in [3.63, 3.8) is 0 Å². The van der Waals surface area contributed by atoms with E-state index in [1.165, 1.54) is 9.96 Å². The number of likely N-dealkylation sites (tertiary alicyclic amines) is 1. The summed E-state index contributed by atoms with van der Waals surface area (Å²) in [6.45, 7) is 9.44. The van der Waals surface area contributed by atoms with Crippen molar-refractivity contribution in [1.29, 1.82) is 0 Å². The molecule has 0 bridgehead atoms. The highest BCUT2D eigenvalue weighted by atomic mass is 16.7. The summed E-state index contributed by atoms with van der Waals surface area (Å²) < 4.78 is 11.1. The van der Waals surface area contributed by atoms with Crippen molar-refractivity contribution in [2.24, 2.45) is 5.41 Å². The van der Waals surface area contributed by atoms with Gasteiger partial charge < -0.3 is 19.2 Å². The molecule has 3 aliphatic heterocycles. The lowest BCUT2D eigenvalue weighted by atomic mass is 9.69. The first-order valence-electron chi connectivity index (χ1n) is 14.7. The van der Waals surface area contributed by atoms with Crippen molar-refractivity contribution in [2.45, 2.75) is 65.1 Å². The molecule has 0 radical (unpaired) electrons. The maximum Gasteiger partial charge on any atom is 0.361 e. The predicted octanol–water partition coefficient (Wildman–Crippen LogP) is 4.43. The van der Waals surface area contributed by atoms with Crippen LogP contribution in [0.3, 0.4) is 0 Å². The van der Waals surface area contributed by atoms with Gasteiger partial charge in [-0.3, -0.25) is 9.69 Å². The zero-order chi connectivity index (χ0) is 29.1. The van der Waals surface area contributed by atoms with Crippen LogP contribution in [0.25, 0.3) is 0 Å². The fourth-order valence-corrected chi connectivity index (χ4v) is 6.31. The van der Waals surface area contributed by atoms with Gasteiger partial charge in [0, 0.05) is 32.6 Å². The summed E-state index contributed by atoms with van der Waals surface area (Å²) in [4.78, 5) is 52.6. The molecule has 1 aromatic carbocycles. The maximum atomic E-state index is 14.6. The van der Waals surface area contributed by atoms with Crippen molar-refractivity contribution in [3.05, 3.63) is 53.3 Å². The Hall–Kier alpha value is -3.59. The second-order valence-corrected chi connectivity index (χ2v) is 11.1. The minimum atomic E-state index is -0.642. The van der Waals surface area contributed by atoms with Gasteiger partial charge >= 0.3 is 6.03 Å². The lowest BCUT2D eigenvalue weighted by Crippen LogP contribution is -2.78. The minimum absolute atomic E-state index is 0.133. The number of amides is 3. The van der Waals surface area contributed by atoms with Gasteiger partial charge in [0.2, 0.25) is 12.7 Å². The van der Waals surface area contributed by atoms with E-state index in [9.17, 15) is 14.4 Å². The first-order valence-corrected chi connectivity index (χ1v) is 14.7. The Kier molecular flexibility index (Phi) is 8.54. The monoisotopic (exact) mass is 564 g/mol. The third-order valence-corrected chi connectivity index (χ3v) is 8.87. The number of fused-ring (bicyclic) bond motifs is 1. The van der Waals surface area contributed by atoms with Crippen LogP contribution in [0.5, 0.6) is 11.5 Å². The molecule has 1 aliphatic carbocycles. The van der Waals surface area contributed by atoms with Gasteiger partial charge in [-0.25, -0.2) is 14.5 Å². The van der Waals surface area contributed by atoms with Crippen LogP contribution in [0.15, 0.2) is 47.8 Å². The van der Waals surface area contributed by atoms with Crippen LogP contribution in [0.4, 0.5) is 4.79 Å². The van der Waals surface area contributed by atoms with E-state index in [2.05, 4.69) is 16.8 Å². The van der Waals surface area contributed by atoms with Crippen LogP contribution >= 0.6 is 0 Å². The normalized spacial score (nSPS) is 22.6. The number of nitrogens with zero attached hydrogens (tertiary/aromatic N) is 4. The first-order chi connectivity index (χ1) is 19.9. The van der Waals surface area contributed by atoms with E-state index < -0.39 is 17.5 Å². The van der Waals surface area contributed by atoms with Gasteiger partial charge in [0.1, 0.15) is 12.1 Å². The van der Waals surface area contributed by atoms with Crippen molar-refractivity contribution in [1.82, 2.24) is 19.8 Å². The zero-order valence-electron chi connectivity index (χ0n) is 24.4. The van der Waals surface area contributed by atoms with Crippen LogP contribution in [0.1, 0.15) is 64.5 Å². The number of rotatable bonds is 9. The van der Waals surface area contributed by atoms with Crippen molar-refractivity contribution in [2.75, 3.05) is 40.0 Å². The summed E-state index contributed by atoms with van der Waals surface area (Å²) >= 11 is 0. The number of piperazine rings is 1. The average molecular weight is 565 g/mol. The fraction of sp³-hybridized carbons (Fsp3) is 0.548. The Morgan fingerprint density at radius 2 is 1.88 bits per heavy atom. The average Bonchev–Trinajstić information content (AvgIpc) is 3.47. The van der Waals surface area contributed by atoms with Crippen molar-refractivity contribution < 1.29 is 28.7 Å². The number of hydrogen-bond donors (Lipinski definition) is 0. The number of allylic oxidation sites excluding steroid dienone is 4. The molecule has 2 unspecified atom stereocenters. The van der Waals surface area contributed by atoms with E-state index >= 15 is 0 Å². The Morgan fingerprint density at radius 1 is 1.15 bits per heavy atom. The van der Waals surface area contributed by atoms with E-state index in [1.54, 1.807) is 12.2 Å². The highest BCUT2D eigenvalue weighted by molar-refractivity contribution is 6.03. The molecular formula is C31H40N4O6. The molecule has 41 heavy (non-hydrogen) atoms. The van der Waals surface area contributed by atoms with Crippen LogP contribution in [0, 0.1) is 5.41 Å². The molecule has 10 heteroatoms. The maximum absolute atomic E-state index is 14.6. The molecule has 0 aromatic heterocycles. The lowest BCUT2D eigenvalue weighted by Gasteiger charge is -2.59. The molecule has 2 atom stereocenters. The number of carbonyl (C=O) groups is 2. The number of hydrogen-bond acceptors (Lipinski definition) is 8. The van der Waals surface area contributed by atoms with Crippen LogP contribution in [0.2, 0.25) is 0 Å². The van der Waals surface area contributed by atoms with Gasteiger partial charge in [0.15, 0.2) is 17.3 Å². The Balaban J connectivity index is 1.55. The minimum Gasteiger partial charge on any atom is -0.454 e. The van der Waals surface area contributed by atoms with E-state index in [1.807, 2.05) is 51.0 Å². The smallest absolute Gasteiger partial charge is 0.361 e. The van der Waals surface area contributed by atoms with E-state index in [0.29, 0.717) is 42.8 Å². The summed E-state index contributed by atoms with van der Waals surface area (Å²) in [5.41, 5.74) is 0.458. The van der Waals surface area contributed by atoms with E-state index in [4.69, 9.17) is 14.3 Å². The standard InChI is InChI=1S/C31H40N4O6/c1-5-10-24(22-13-14-26-27(19-22)40-21-39-26)35(41-25-12-9-8-11-23(25)20-36)30(38)34-28(31(6-2,7-3)29(34)37)33-17-15-32(4)16-18-33/h8-9,12-14,19,24,28H,5-7,10-11,15-18,21H2,1-4H3. The molecule has 10 nitrogen and oxygen atoms in total. The van der Waals surface area contributed by atoms with E-state index in [-0.39, 0.29) is 24.6 Å². The molecule has 5 rings (SSSR count). The number of carbonyl (C=O) groups excluding carboxylic acids is 3. The van der Waals surface area contributed by atoms with Crippen molar-refractivity contribution >= 4 is 17.9 Å². The van der Waals surface area contributed by atoms with Gasteiger partial charge in [0.05, 0.1) is 17.0 Å². The third-order valence-electron chi connectivity index (χ3n) is 8.87. The summed E-state index contributed by atoms with van der Waals surface area (Å²) in [5.74, 6) is 3.25. The van der Waals surface area contributed by atoms with Crippen LogP contribution in [-0.2, 0) is 14.4 Å². The number of β-lactam (4-membered cyclic amide) rings is 1. The fourth-order valence-electron chi connectivity index (χ4n) is 6.31. The second kappa shape index (κ2) is 12.1. The number of benzene rings is 1. The molecule has 0 spiro atoms. The van der Waals surface area contributed by atoms with Crippen molar-refractivity contribution in [3.8, 4) is 11.5 Å². The molecule has 1 aromatic rings. The molecule has 220 valence electrons. The highest BCUT2D eigenvalue weighted by Crippen LogP contribution is 2.48. The molecule has 3 amide bonds. The Labute approximate surface area is 241 Å². The molecule has 2 fully saturated rings. The largest absolute Gasteiger partial charge is 0.454 e. The molecule has 2 saturated heterocycles. The first kappa shape index (κ1) is 28.9. The molecule has 0 saturated carbocycles.